The minimum atomic E-state index is -4.85. The van der Waals surface area contributed by atoms with Crippen LogP contribution < -0.4 is 4.74 Å². The van der Waals surface area contributed by atoms with Crippen LogP contribution in [0.4, 0.5) is 17.6 Å². The largest absolute Gasteiger partial charge is 0.492 e. The molecule has 1 aliphatic carbocycles. The standard InChI is InChI=1S/C24H21F4N3O4S/c1-36(33,34)16-7-8-21(35-13-14-5-6-14)17(9-16)23(32)30-10-15-11-31(29-19(15)12-30)20-4-2-3-18(22(20)25)24(26,27)28/h2-4,7-9,11,14H,5-6,10,12-13H2,1H3. The highest BCUT2D eigenvalue weighted by Crippen LogP contribution is 2.35. The van der Waals surface area contributed by atoms with Gasteiger partial charge in [-0.15, -0.1) is 0 Å². The van der Waals surface area contributed by atoms with Gasteiger partial charge in [0.25, 0.3) is 5.91 Å². The Balaban J connectivity index is 1.40. The zero-order valence-corrected chi connectivity index (χ0v) is 19.9. The number of nitrogens with zero attached hydrogens (tertiary/aromatic N) is 3. The van der Waals surface area contributed by atoms with Gasteiger partial charge < -0.3 is 9.64 Å². The van der Waals surface area contributed by atoms with Crippen molar-refractivity contribution >= 4 is 15.7 Å². The lowest BCUT2D eigenvalue weighted by atomic mass is 10.1. The van der Waals surface area contributed by atoms with Crippen molar-refractivity contribution in [2.75, 3.05) is 12.9 Å². The molecule has 12 heteroatoms. The van der Waals surface area contributed by atoms with Gasteiger partial charge in [0.05, 0.1) is 34.9 Å². The van der Waals surface area contributed by atoms with E-state index in [1.807, 2.05) is 0 Å². The number of hydrogen-bond acceptors (Lipinski definition) is 5. The molecule has 0 atom stereocenters. The van der Waals surface area contributed by atoms with Crippen molar-refractivity contribution in [1.82, 2.24) is 14.7 Å². The molecule has 1 fully saturated rings. The number of alkyl halides is 3. The highest BCUT2D eigenvalue weighted by atomic mass is 32.2. The molecule has 0 unspecified atom stereocenters. The maximum absolute atomic E-state index is 14.5. The Morgan fingerprint density at radius 1 is 1.17 bits per heavy atom. The number of aromatic nitrogens is 2. The number of carbonyl (C=O) groups is 1. The smallest absolute Gasteiger partial charge is 0.419 e. The molecule has 2 aliphatic rings. The van der Waals surface area contributed by atoms with Gasteiger partial charge in [0.15, 0.2) is 15.7 Å². The van der Waals surface area contributed by atoms with Crippen LogP contribution in [0.3, 0.4) is 0 Å². The first-order chi connectivity index (χ1) is 16.9. The van der Waals surface area contributed by atoms with Gasteiger partial charge in [-0.05, 0) is 49.1 Å². The molecule has 2 aromatic carbocycles. The number of benzene rings is 2. The van der Waals surface area contributed by atoms with Crippen molar-refractivity contribution in [3.63, 3.8) is 0 Å². The monoisotopic (exact) mass is 523 g/mol. The second-order valence-corrected chi connectivity index (χ2v) is 11.0. The van der Waals surface area contributed by atoms with E-state index in [9.17, 15) is 30.8 Å². The molecule has 3 aromatic rings. The summed E-state index contributed by atoms with van der Waals surface area (Å²) in [5.74, 6) is -1.22. The Morgan fingerprint density at radius 3 is 2.56 bits per heavy atom. The van der Waals surface area contributed by atoms with Crippen molar-refractivity contribution < 1.29 is 35.5 Å². The quantitative estimate of drug-likeness (QED) is 0.448. The summed E-state index contributed by atoms with van der Waals surface area (Å²) < 4.78 is 84.8. The summed E-state index contributed by atoms with van der Waals surface area (Å²) in [4.78, 5) is 14.8. The average Bonchev–Trinajstić information content (AvgIpc) is 3.42. The van der Waals surface area contributed by atoms with Gasteiger partial charge in [-0.2, -0.15) is 18.3 Å². The lowest BCUT2D eigenvalue weighted by Crippen LogP contribution is -2.27. The lowest BCUT2D eigenvalue weighted by Gasteiger charge is -2.19. The Hall–Kier alpha value is -3.41. The zero-order valence-electron chi connectivity index (χ0n) is 19.0. The Bertz CT molecular complexity index is 1440. The van der Waals surface area contributed by atoms with E-state index in [4.69, 9.17) is 4.74 Å². The third-order valence-electron chi connectivity index (χ3n) is 6.18. The van der Waals surface area contributed by atoms with E-state index in [2.05, 4.69) is 5.10 Å². The first-order valence-electron chi connectivity index (χ1n) is 11.1. The number of fused-ring (bicyclic) bond motifs is 1. The van der Waals surface area contributed by atoms with E-state index in [1.54, 1.807) is 0 Å². The summed E-state index contributed by atoms with van der Waals surface area (Å²) in [6, 6.07) is 7.09. The van der Waals surface area contributed by atoms with E-state index < -0.39 is 33.3 Å². The SMILES string of the molecule is CS(=O)(=O)c1ccc(OCC2CC2)c(C(=O)N2Cc3cn(-c4cccc(C(F)(F)F)c4F)nc3C2)c1. The molecular formula is C24H21F4N3O4S. The van der Waals surface area contributed by atoms with E-state index >= 15 is 0 Å². The molecular weight excluding hydrogens is 502 g/mol. The molecule has 1 saturated carbocycles. The van der Waals surface area contributed by atoms with Gasteiger partial charge in [0.2, 0.25) is 0 Å². The van der Waals surface area contributed by atoms with Crippen LogP contribution in [0.2, 0.25) is 0 Å². The van der Waals surface area contributed by atoms with Crippen LogP contribution in [-0.4, -0.2) is 41.9 Å². The summed E-state index contributed by atoms with van der Waals surface area (Å²) in [5.41, 5.74) is -0.703. The summed E-state index contributed by atoms with van der Waals surface area (Å²) in [5, 5.41) is 4.21. The van der Waals surface area contributed by atoms with Crippen LogP contribution >= 0.6 is 0 Å². The third-order valence-corrected chi connectivity index (χ3v) is 7.29. The number of halogens is 4. The molecule has 0 radical (unpaired) electrons. The first-order valence-corrected chi connectivity index (χ1v) is 13.0. The lowest BCUT2D eigenvalue weighted by molar-refractivity contribution is -0.140. The first kappa shape index (κ1) is 24.3. The molecule has 1 aliphatic heterocycles. The Kier molecular flexibility index (Phi) is 5.81. The number of hydrogen-bond donors (Lipinski definition) is 0. The van der Waals surface area contributed by atoms with Crippen LogP contribution in [0.15, 0.2) is 47.5 Å². The Morgan fingerprint density at radius 2 is 1.92 bits per heavy atom. The molecule has 36 heavy (non-hydrogen) atoms. The van der Waals surface area contributed by atoms with Gasteiger partial charge in [0.1, 0.15) is 11.4 Å². The number of ether oxygens (including phenoxy) is 1. The van der Waals surface area contributed by atoms with Crippen LogP contribution in [0.1, 0.15) is 40.0 Å². The van der Waals surface area contributed by atoms with Gasteiger partial charge in [-0.3, -0.25) is 4.79 Å². The highest BCUT2D eigenvalue weighted by molar-refractivity contribution is 7.90. The van der Waals surface area contributed by atoms with E-state index in [0.717, 1.165) is 29.8 Å². The minimum Gasteiger partial charge on any atom is -0.492 e. The molecule has 0 bridgehead atoms. The van der Waals surface area contributed by atoms with Crippen molar-refractivity contribution in [3.05, 3.63) is 70.8 Å². The fraction of sp³-hybridized carbons (Fsp3) is 0.333. The molecule has 0 spiro atoms. The maximum Gasteiger partial charge on any atom is 0.419 e. The molecule has 1 amide bonds. The molecule has 0 saturated heterocycles. The molecule has 0 N–H and O–H groups in total. The third kappa shape index (κ3) is 4.69. The highest BCUT2D eigenvalue weighted by Gasteiger charge is 2.36. The predicted molar refractivity (Wildman–Crippen MR) is 120 cm³/mol. The van der Waals surface area contributed by atoms with Crippen molar-refractivity contribution in [3.8, 4) is 11.4 Å². The van der Waals surface area contributed by atoms with Crippen LogP contribution in [0, 0.1) is 11.7 Å². The molecule has 2 heterocycles. The number of carbonyl (C=O) groups excluding carboxylic acids is 1. The molecule has 5 rings (SSSR count). The fourth-order valence-electron chi connectivity index (χ4n) is 4.03. The minimum absolute atomic E-state index is 0.0207. The average molecular weight is 524 g/mol. The zero-order chi connectivity index (χ0) is 25.8. The summed E-state index contributed by atoms with van der Waals surface area (Å²) >= 11 is 0. The van der Waals surface area contributed by atoms with Crippen molar-refractivity contribution in [2.45, 2.75) is 37.0 Å². The number of amides is 1. The van der Waals surface area contributed by atoms with Crippen molar-refractivity contribution in [2.24, 2.45) is 5.92 Å². The van der Waals surface area contributed by atoms with Gasteiger partial charge >= 0.3 is 6.18 Å². The maximum atomic E-state index is 14.5. The van der Waals surface area contributed by atoms with E-state index in [0.29, 0.717) is 29.8 Å². The summed E-state index contributed by atoms with van der Waals surface area (Å²) in [6.45, 7) is 0.515. The van der Waals surface area contributed by atoms with E-state index in [1.165, 1.54) is 35.4 Å². The number of rotatable bonds is 6. The fourth-order valence-corrected chi connectivity index (χ4v) is 4.68. The molecule has 7 nitrogen and oxygen atoms in total. The van der Waals surface area contributed by atoms with Gasteiger partial charge in [-0.25, -0.2) is 17.5 Å². The van der Waals surface area contributed by atoms with Crippen LogP contribution in [0.25, 0.3) is 5.69 Å². The van der Waals surface area contributed by atoms with Gasteiger partial charge in [-0.1, -0.05) is 6.07 Å². The normalized spacial score (nSPS) is 15.8. The van der Waals surface area contributed by atoms with Gasteiger partial charge in [0, 0.05) is 24.6 Å². The van der Waals surface area contributed by atoms with Crippen molar-refractivity contribution in [1.29, 1.82) is 0 Å². The van der Waals surface area contributed by atoms with E-state index in [-0.39, 0.29) is 35.0 Å². The predicted octanol–water partition coefficient (Wildman–Crippen LogP) is 4.38. The Labute approximate surface area is 204 Å². The topological polar surface area (TPSA) is 81.5 Å². The second-order valence-electron chi connectivity index (χ2n) is 9.03. The number of sulfone groups is 1. The second kappa shape index (κ2) is 8.61. The molecule has 1 aromatic heterocycles. The van der Waals surface area contributed by atoms with Crippen LogP contribution in [-0.2, 0) is 29.1 Å². The summed E-state index contributed by atoms with van der Waals surface area (Å²) in [6.07, 6.45) is -0.345. The van der Waals surface area contributed by atoms with Crippen LogP contribution in [0.5, 0.6) is 5.75 Å². The summed E-state index contributed by atoms with van der Waals surface area (Å²) in [7, 11) is -3.57. The molecule has 190 valence electrons.